The van der Waals surface area contributed by atoms with Crippen molar-refractivity contribution in [2.75, 3.05) is 0 Å². The van der Waals surface area contributed by atoms with Crippen molar-refractivity contribution in [2.24, 2.45) is 0 Å². The highest BCUT2D eigenvalue weighted by atomic mass is 32.2. The van der Waals surface area contributed by atoms with Gasteiger partial charge < -0.3 is 14.7 Å². The Morgan fingerprint density at radius 3 is 2.83 bits per heavy atom. The molecule has 3 amide bonds. The van der Waals surface area contributed by atoms with Crippen molar-refractivity contribution in [1.29, 1.82) is 0 Å². The van der Waals surface area contributed by atoms with Crippen LogP contribution < -0.4 is 10.6 Å². The molecule has 0 spiro atoms. The average molecular weight is 340 g/mol. The Bertz CT molecular complexity index is 1000. The quantitative estimate of drug-likeness (QED) is 0.503. The maximum atomic E-state index is 11.5. The summed E-state index contributed by atoms with van der Waals surface area (Å²) in [5.41, 5.74) is 3.18. The molecule has 3 heterocycles. The Morgan fingerprint density at radius 2 is 2.04 bits per heavy atom. The van der Waals surface area contributed by atoms with Crippen LogP contribution in [0.15, 0.2) is 50.7 Å². The lowest BCUT2D eigenvalue weighted by molar-refractivity contribution is -0.115. The maximum absolute atomic E-state index is 11.5. The number of hydrogen-bond acceptors (Lipinski definition) is 5. The maximum Gasteiger partial charge on any atom is 0.326 e. The van der Waals surface area contributed by atoms with E-state index >= 15 is 0 Å². The van der Waals surface area contributed by atoms with Crippen LogP contribution in [0.5, 0.6) is 0 Å². The predicted molar refractivity (Wildman–Crippen MR) is 88.3 cm³/mol. The van der Waals surface area contributed by atoms with Gasteiger partial charge in [0, 0.05) is 6.08 Å². The topological polar surface area (TPSA) is 100 Å². The van der Waals surface area contributed by atoms with Gasteiger partial charge >= 0.3 is 6.03 Å². The minimum absolute atomic E-state index is 0.158. The van der Waals surface area contributed by atoms with Crippen LogP contribution in [-0.4, -0.2) is 21.9 Å². The highest BCUT2D eigenvalue weighted by Crippen LogP contribution is 2.29. The number of fused-ring (bicyclic) bond motifs is 1. The van der Waals surface area contributed by atoms with Crippen LogP contribution in [0.25, 0.3) is 17.1 Å². The molecule has 120 valence electrons. The Hall–Kier alpha value is -3.00. The normalized spacial score (nSPS) is 16.0. The fourth-order valence-electron chi connectivity index (χ4n) is 2.34. The van der Waals surface area contributed by atoms with Crippen molar-refractivity contribution >= 4 is 40.8 Å². The molecular formula is C16H12N4O3S. The minimum atomic E-state index is -0.537. The molecule has 0 radical (unpaired) electrons. The average Bonchev–Trinajstić information content (AvgIpc) is 3.19. The molecule has 4 rings (SSSR count). The summed E-state index contributed by atoms with van der Waals surface area (Å²) in [5, 5.41) is 5.89. The van der Waals surface area contributed by atoms with Crippen LogP contribution in [0.2, 0.25) is 0 Å². The summed E-state index contributed by atoms with van der Waals surface area (Å²) in [5.74, 6) is -0.00457. The van der Waals surface area contributed by atoms with Gasteiger partial charge in [0.15, 0.2) is 10.2 Å². The van der Waals surface area contributed by atoms with Crippen molar-refractivity contribution in [3.63, 3.8) is 0 Å². The molecular weight excluding hydrogens is 328 g/mol. The van der Waals surface area contributed by atoms with E-state index in [-0.39, 0.29) is 5.70 Å². The van der Waals surface area contributed by atoms with Crippen LogP contribution in [0.1, 0.15) is 11.3 Å². The zero-order chi connectivity index (χ0) is 16.7. The number of H-pyrrole nitrogens is 1. The fraction of sp³-hybridized carbons (Fsp3) is 0.0625. The summed E-state index contributed by atoms with van der Waals surface area (Å²) in [4.78, 5) is 30.3. The molecule has 1 aliphatic heterocycles. The van der Waals surface area contributed by atoms with Gasteiger partial charge in [0.05, 0.1) is 11.0 Å². The number of benzene rings is 1. The predicted octanol–water partition coefficient (Wildman–Crippen LogP) is 2.80. The van der Waals surface area contributed by atoms with Gasteiger partial charge in [-0.2, -0.15) is 0 Å². The van der Waals surface area contributed by atoms with Gasteiger partial charge in [0.1, 0.15) is 11.5 Å². The lowest BCUT2D eigenvalue weighted by atomic mass is 10.2. The molecule has 0 saturated carbocycles. The second-order valence-corrected chi connectivity index (χ2v) is 6.28. The molecule has 0 bridgehead atoms. The molecule has 24 heavy (non-hydrogen) atoms. The second kappa shape index (κ2) is 5.57. The van der Waals surface area contributed by atoms with Crippen molar-refractivity contribution in [1.82, 2.24) is 20.6 Å². The van der Waals surface area contributed by atoms with Crippen molar-refractivity contribution < 1.29 is 14.0 Å². The van der Waals surface area contributed by atoms with Gasteiger partial charge in [-0.1, -0.05) is 6.07 Å². The molecule has 0 atom stereocenters. The van der Waals surface area contributed by atoms with E-state index in [9.17, 15) is 9.59 Å². The number of aromatic amines is 1. The SMILES string of the molecule is Cc1ccc2nc(Sc3ccc(/C=C4/NC(=O)NC4=O)o3)[nH]c2c1. The van der Waals surface area contributed by atoms with E-state index in [1.807, 2.05) is 25.1 Å². The van der Waals surface area contributed by atoms with Gasteiger partial charge in [-0.3, -0.25) is 10.1 Å². The summed E-state index contributed by atoms with van der Waals surface area (Å²) in [6.45, 7) is 2.03. The van der Waals surface area contributed by atoms with Gasteiger partial charge in [0.2, 0.25) is 0 Å². The van der Waals surface area contributed by atoms with Crippen molar-refractivity contribution in [3.8, 4) is 0 Å². The zero-order valence-electron chi connectivity index (χ0n) is 12.5. The highest BCUT2D eigenvalue weighted by molar-refractivity contribution is 7.99. The standard InChI is InChI=1S/C16H12N4O3S/c1-8-2-4-10-11(6-8)19-16(18-10)24-13-5-3-9(23-13)7-12-14(21)20-15(22)17-12/h2-7H,1H3,(H,18,19)(H2,17,20,21,22)/b12-7+. The van der Waals surface area contributed by atoms with Gasteiger partial charge in [0.25, 0.3) is 5.91 Å². The molecule has 1 fully saturated rings. The smallest absolute Gasteiger partial charge is 0.326 e. The van der Waals surface area contributed by atoms with Crippen LogP contribution in [0.3, 0.4) is 0 Å². The summed E-state index contributed by atoms with van der Waals surface area (Å²) < 4.78 is 5.65. The molecule has 2 aromatic heterocycles. The molecule has 8 heteroatoms. The summed E-state index contributed by atoms with van der Waals surface area (Å²) in [6.07, 6.45) is 1.48. The molecule has 1 aliphatic rings. The lowest BCUT2D eigenvalue weighted by Gasteiger charge is -1.93. The number of aromatic nitrogens is 2. The number of aryl methyl sites for hydroxylation is 1. The number of imidazole rings is 1. The van der Waals surface area contributed by atoms with E-state index in [0.29, 0.717) is 10.9 Å². The largest absolute Gasteiger partial charge is 0.450 e. The van der Waals surface area contributed by atoms with Gasteiger partial charge in [-0.25, -0.2) is 9.78 Å². The summed E-state index contributed by atoms with van der Waals surface area (Å²) >= 11 is 1.35. The molecule has 1 aromatic carbocycles. The third-order valence-electron chi connectivity index (χ3n) is 3.42. The van der Waals surface area contributed by atoms with Crippen LogP contribution in [0.4, 0.5) is 4.79 Å². The molecule has 0 unspecified atom stereocenters. The number of imide groups is 1. The molecule has 0 aliphatic carbocycles. The zero-order valence-corrected chi connectivity index (χ0v) is 13.4. The van der Waals surface area contributed by atoms with Crippen LogP contribution >= 0.6 is 11.8 Å². The third-order valence-corrected chi connectivity index (χ3v) is 4.23. The Morgan fingerprint density at radius 1 is 1.17 bits per heavy atom. The van der Waals surface area contributed by atoms with E-state index in [1.54, 1.807) is 12.1 Å². The Balaban J connectivity index is 1.55. The first-order valence-corrected chi connectivity index (χ1v) is 7.96. The minimum Gasteiger partial charge on any atom is -0.450 e. The van der Waals surface area contributed by atoms with Crippen molar-refractivity contribution in [3.05, 3.63) is 47.4 Å². The fourth-order valence-corrected chi connectivity index (χ4v) is 3.10. The van der Waals surface area contributed by atoms with Gasteiger partial charge in [-0.05, 0) is 48.5 Å². The lowest BCUT2D eigenvalue weighted by Crippen LogP contribution is -2.22. The highest BCUT2D eigenvalue weighted by Gasteiger charge is 2.23. The van der Waals surface area contributed by atoms with Crippen LogP contribution in [-0.2, 0) is 4.79 Å². The second-order valence-electron chi connectivity index (χ2n) is 5.29. The molecule has 3 aromatic rings. The summed E-state index contributed by atoms with van der Waals surface area (Å²) in [6, 6.07) is 8.97. The molecule has 1 saturated heterocycles. The van der Waals surface area contributed by atoms with E-state index in [1.165, 1.54) is 17.8 Å². The van der Waals surface area contributed by atoms with E-state index < -0.39 is 11.9 Å². The van der Waals surface area contributed by atoms with E-state index in [4.69, 9.17) is 4.42 Å². The number of carbonyl (C=O) groups excluding carboxylic acids is 2. The van der Waals surface area contributed by atoms with E-state index in [2.05, 4.69) is 20.6 Å². The monoisotopic (exact) mass is 340 g/mol. The number of rotatable bonds is 3. The number of amides is 3. The molecule has 3 N–H and O–H groups in total. The first-order chi connectivity index (χ1) is 11.6. The third kappa shape index (κ3) is 2.79. The first kappa shape index (κ1) is 14.6. The first-order valence-electron chi connectivity index (χ1n) is 7.15. The Labute approximate surface area is 140 Å². The van der Waals surface area contributed by atoms with E-state index in [0.717, 1.165) is 21.8 Å². The number of nitrogens with zero attached hydrogens (tertiary/aromatic N) is 1. The molecule has 7 nitrogen and oxygen atoms in total. The van der Waals surface area contributed by atoms with Crippen molar-refractivity contribution in [2.45, 2.75) is 17.2 Å². The van der Waals surface area contributed by atoms with Crippen LogP contribution in [0, 0.1) is 6.92 Å². The Kier molecular flexibility index (Phi) is 3.39. The number of carbonyl (C=O) groups is 2. The number of hydrogen-bond donors (Lipinski definition) is 3. The number of urea groups is 1. The van der Waals surface area contributed by atoms with Gasteiger partial charge in [-0.15, -0.1) is 0 Å². The number of furan rings is 1. The number of nitrogens with one attached hydrogen (secondary N) is 3. The summed E-state index contributed by atoms with van der Waals surface area (Å²) in [7, 11) is 0.